The van der Waals surface area contributed by atoms with Crippen molar-refractivity contribution in [3.8, 4) is 11.5 Å². The molecule has 166 valence electrons. The van der Waals surface area contributed by atoms with Gasteiger partial charge in [0.05, 0.1) is 20.3 Å². The summed E-state index contributed by atoms with van der Waals surface area (Å²) in [4.78, 5) is 28.7. The minimum atomic E-state index is -0.535. The first-order valence-electron chi connectivity index (χ1n) is 10.7. The second kappa shape index (κ2) is 8.04. The third kappa shape index (κ3) is 3.94. The van der Waals surface area contributed by atoms with Gasteiger partial charge in [-0.1, -0.05) is 19.9 Å². The molecule has 7 heteroatoms. The number of hydrogen-bond donors (Lipinski definition) is 2. The molecule has 31 heavy (non-hydrogen) atoms. The van der Waals surface area contributed by atoms with Gasteiger partial charge in [-0.25, -0.2) is 0 Å². The molecule has 1 amide bonds. The minimum Gasteiger partial charge on any atom is -0.504 e. The van der Waals surface area contributed by atoms with Crippen LogP contribution < -0.4 is 10.1 Å². The monoisotopic (exact) mass is 426 g/mol. The Bertz CT molecular complexity index is 986. The standard InChI is InChI=1S/C24H30N2O5/c1-14-20(23(29)26-7-9-31-10-8-26)21(15-5-6-19(30-4)17(27)11-15)22-16(25-14)12-24(2,3)13-18(22)28/h5-6,11,21,25,27H,7-10,12-13H2,1-4H3/t21-/m1/s1. The summed E-state index contributed by atoms with van der Waals surface area (Å²) in [6.07, 6.45) is 1.15. The number of ketones is 1. The van der Waals surface area contributed by atoms with Gasteiger partial charge < -0.3 is 24.8 Å². The lowest BCUT2D eigenvalue weighted by Crippen LogP contribution is -2.45. The molecule has 0 bridgehead atoms. The average Bonchev–Trinajstić information content (AvgIpc) is 2.72. The van der Waals surface area contributed by atoms with Crippen molar-refractivity contribution in [3.63, 3.8) is 0 Å². The lowest BCUT2D eigenvalue weighted by molar-refractivity contribution is -0.131. The van der Waals surface area contributed by atoms with E-state index in [0.717, 1.165) is 17.8 Å². The molecule has 0 saturated carbocycles. The minimum absolute atomic E-state index is 0.0138. The number of methoxy groups -OCH3 is 1. The van der Waals surface area contributed by atoms with Gasteiger partial charge in [0.25, 0.3) is 5.91 Å². The lowest BCUT2D eigenvalue weighted by Gasteiger charge is -2.41. The van der Waals surface area contributed by atoms with E-state index in [1.807, 2.05) is 13.0 Å². The van der Waals surface area contributed by atoms with Crippen LogP contribution in [0.2, 0.25) is 0 Å². The highest BCUT2D eigenvalue weighted by Gasteiger charge is 2.43. The van der Waals surface area contributed by atoms with Crippen LogP contribution in [-0.2, 0) is 14.3 Å². The number of carbonyl (C=O) groups excluding carboxylic acids is 2. The van der Waals surface area contributed by atoms with E-state index in [1.165, 1.54) is 7.11 Å². The Morgan fingerprint density at radius 2 is 1.97 bits per heavy atom. The number of dihydropyridines is 1. The number of amides is 1. The highest BCUT2D eigenvalue weighted by molar-refractivity contribution is 6.05. The maximum atomic E-state index is 13.6. The van der Waals surface area contributed by atoms with Crippen LogP contribution in [0.3, 0.4) is 0 Å². The average molecular weight is 427 g/mol. The number of benzene rings is 1. The Hall–Kier alpha value is -2.80. The summed E-state index contributed by atoms with van der Waals surface area (Å²) in [6.45, 7) is 8.09. The predicted octanol–water partition coefficient (Wildman–Crippen LogP) is 2.86. The number of nitrogens with one attached hydrogen (secondary N) is 1. The normalized spacial score (nSPS) is 23.4. The number of phenolic OH excluding ortho intramolecular Hbond substituents is 1. The molecule has 7 nitrogen and oxygen atoms in total. The van der Waals surface area contributed by atoms with E-state index in [1.54, 1.807) is 17.0 Å². The highest BCUT2D eigenvalue weighted by atomic mass is 16.5. The van der Waals surface area contributed by atoms with Crippen molar-refractivity contribution in [3.05, 3.63) is 46.3 Å². The molecule has 0 unspecified atom stereocenters. The maximum Gasteiger partial charge on any atom is 0.252 e. The molecule has 0 aromatic heterocycles. The Balaban J connectivity index is 1.84. The van der Waals surface area contributed by atoms with E-state index < -0.39 is 5.92 Å². The molecule has 1 atom stereocenters. The van der Waals surface area contributed by atoms with Gasteiger partial charge in [-0.15, -0.1) is 0 Å². The van der Waals surface area contributed by atoms with Crippen molar-refractivity contribution in [1.29, 1.82) is 0 Å². The van der Waals surface area contributed by atoms with Gasteiger partial charge in [0, 0.05) is 48.0 Å². The van der Waals surface area contributed by atoms with E-state index in [9.17, 15) is 14.7 Å². The number of phenols is 1. The molecule has 1 saturated heterocycles. The molecular weight excluding hydrogens is 396 g/mol. The Labute approximate surface area is 182 Å². The third-order valence-electron chi connectivity index (χ3n) is 6.30. The molecule has 2 N–H and O–H groups in total. The quantitative estimate of drug-likeness (QED) is 0.773. The van der Waals surface area contributed by atoms with E-state index in [4.69, 9.17) is 9.47 Å². The first-order chi connectivity index (χ1) is 14.7. The zero-order valence-electron chi connectivity index (χ0n) is 18.6. The smallest absolute Gasteiger partial charge is 0.252 e. The van der Waals surface area contributed by atoms with Crippen molar-refractivity contribution < 1.29 is 24.2 Å². The fourth-order valence-electron chi connectivity index (χ4n) is 4.88. The van der Waals surface area contributed by atoms with Crippen molar-refractivity contribution in [2.24, 2.45) is 5.41 Å². The van der Waals surface area contributed by atoms with Gasteiger partial charge in [0.2, 0.25) is 0 Å². The van der Waals surface area contributed by atoms with Crippen LogP contribution in [0, 0.1) is 5.41 Å². The number of ether oxygens (including phenoxy) is 2. The lowest BCUT2D eigenvalue weighted by atomic mass is 9.68. The van der Waals surface area contributed by atoms with E-state index in [-0.39, 0.29) is 22.9 Å². The number of allylic oxidation sites excluding steroid dienone is 3. The van der Waals surface area contributed by atoms with Crippen LogP contribution in [-0.4, -0.2) is 55.1 Å². The number of nitrogens with zero attached hydrogens (tertiary/aromatic N) is 1. The van der Waals surface area contributed by atoms with Crippen LogP contribution in [0.5, 0.6) is 11.5 Å². The fraction of sp³-hybridized carbons (Fsp3) is 0.500. The number of aromatic hydroxyl groups is 1. The number of rotatable bonds is 3. The molecule has 1 aliphatic carbocycles. The second-order valence-electron chi connectivity index (χ2n) is 9.27. The molecule has 0 spiro atoms. The largest absolute Gasteiger partial charge is 0.504 e. The maximum absolute atomic E-state index is 13.6. The third-order valence-corrected chi connectivity index (χ3v) is 6.30. The van der Waals surface area contributed by atoms with Gasteiger partial charge in [-0.2, -0.15) is 0 Å². The Kier molecular flexibility index (Phi) is 5.56. The van der Waals surface area contributed by atoms with Crippen molar-refractivity contribution in [1.82, 2.24) is 10.2 Å². The topological polar surface area (TPSA) is 88.1 Å². The van der Waals surface area contributed by atoms with Gasteiger partial charge in [-0.05, 0) is 36.5 Å². The molecule has 2 aliphatic heterocycles. The van der Waals surface area contributed by atoms with E-state index in [0.29, 0.717) is 55.2 Å². The molecule has 4 rings (SSSR count). The van der Waals surface area contributed by atoms with Crippen LogP contribution in [0.1, 0.15) is 45.1 Å². The number of carbonyl (C=O) groups is 2. The second-order valence-corrected chi connectivity index (χ2v) is 9.27. The van der Waals surface area contributed by atoms with Gasteiger partial charge in [0.1, 0.15) is 0 Å². The fourth-order valence-corrected chi connectivity index (χ4v) is 4.88. The summed E-state index contributed by atoms with van der Waals surface area (Å²) < 4.78 is 10.6. The van der Waals surface area contributed by atoms with Crippen LogP contribution >= 0.6 is 0 Å². The summed E-state index contributed by atoms with van der Waals surface area (Å²) in [6, 6.07) is 5.11. The SMILES string of the molecule is COc1ccc([C@@H]2C(C(=O)N3CCOCC3)=C(C)NC3=C2C(=O)CC(C)(C)C3)cc1O. The number of Topliss-reactive ketones (excluding diaryl/α,β-unsaturated/α-hetero) is 1. The predicted molar refractivity (Wildman–Crippen MR) is 116 cm³/mol. The van der Waals surface area contributed by atoms with Crippen molar-refractivity contribution in [2.75, 3.05) is 33.4 Å². The summed E-state index contributed by atoms with van der Waals surface area (Å²) in [5.41, 5.74) is 3.36. The number of morpholine rings is 1. The summed E-state index contributed by atoms with van der Waals surface area (Å²) in [5.74, 6) is -0.256. The molecule has 1 aromatic rings. The Morgan fingerprint density at radius 3 is 2.61 bits per heavy atom. The molecule has 1 aromatic carbocycles. The van der Waals surface area contributed by atoms with Crippen molar-refractivity contribution in [2.45, 2.75) is 39.5 Å². The summed E-state index contributed by atoms with van der Waals surface area (Å²) in [5, 5.41) is 13.8. The van der Waals surface area contributed by atoms with Crippen LogP contribution in [0.15, 0.2) is 40.7 Å². The highest BCUT2D eigenvalue weighted by Crippen LogP contribution is 2.47. The van der Waals surface area contributed by atoms with Gasteiger partial charge >= 0.3 is 0 Å². The van der Waals surface area contributed by atoms with Crippen LogP contribution in [0.25, 0.3) is 0 Å². The molecule has 0 radical (unpaired) electrons. The number of hydrogen-bond acceptors (Lipinski definition) is 6. The zero-order valence-corrected chi connectivity index (χ0v) is 18.6. The van der Waals surface area contributed by atoms with Crippen LogP contribution in [0.4, 0.5) is 0 Å². The zero-order chi connectivity index (χ0) is 22.3. The van der Waals surface area contributed by atoms with Crippen molar-refractivity contribution >= 4 is 11.7 Å². The Morgan fingerprint density at radius 1 is 1.26 bits per heavy atom. The van der Waals surface area contributed by atoms with E-state index in [2.05, 4.69) is 19.2 Å². The van der Waals surface area contributed by atoms with E-state index >= 15 is 0 Å². The first-order valence-corrected chi connectivity index (χ1v) is 10.7. The molecular formula is C24H30N2O5. The molecule has 1 fully saturated rings. The van der Waals surface area contributed by atoms with Gasteiger partial charge in [0.15, 0.2) is 17.3 Å². The summed E-state index contributed by atoms with van der Waals surface area (Å²) >= 11 is 0. The summed E-state index contributed by atoms with van der Waals surface area (Å²) in [7, 11) is 1.49. The van der Waals surface area contributed by atoms with Gasteiger partial charge in [-0.3, -0.25) is 9.59 Å². The first kappa shape index (κ1) is 21.4. The molecule has 2 heterocycles. The molecule has 3 aliphatic rings.